The van der Waals surface area contributed by atoms with Gasteiger partial charge in [0.15, 0.2) is 0 Å². The molecule has 0 aromatic heterocycles. The highest BCUT2D eigenvalue weighted by Gasteiger charge is 2.29. The zero-order valence-corrected chi connectivity index (χ0v) is 33.0. The molecule has 0 aliphatic heterocycles. The van der Waals surface area contributed by atoms with Gasteiger partial charge in [-0.2, -0.15) is 0 Å². The lowest BCUT2D eigenvalue weighted by Crippen LogP contribution is -2.54. The van der Waals surface area contributed by atoms with Crippen molar-refractivity contribution in [3.8, 4) is 0 Å². The molecule has 0 saturated carbocycles. The molecular formula is C39H87N4O3+3. The van der Waals surface area contributed by atoms with E-state index in [0.717, 1.165) is 33.1 Å². The first-order valence-corrected chi connectivity index (χ1v) is 19.9. The molecule has 0 aliphatic rings. The van der Waals surface area contributed by atoms with Crippen LogP contribution in [0.2, 0.25) is 0 Å². The highest BCUT2D eigenvalue weighted by molar-refractivity contribution is 4.73. The van der Waals surface area contributed by atoms with Crippen molar-refractivity contribution in [3.05, 3.63) is 0 Å². The minimum Gasteiger partial charge on any atom is -0.386 e. The van der Waals surface area contributed by atoms with Gasteiger partial charge in [-0.05, 0) is 38.5 Å². The molecule has 0 aromatic carbocycles. The normalized spacial score (nSPS) is 15.1. The maximum atomic E-state index is 11.3. The van der Waals surface area contributed by atoms with Gasteiger partial charge in [-0.25, -0.2) is 0 Å². The summed E-state index contributed by atoms with van der Waals surface area (Å²) < 4.78 is 2.41. The number of aliphatic hydroxyl groups is 3. The van der Waals surface area contributed by atoms with Crippen LogP contribution in [0.1, 0.15) is 136 Å². The second-order valence-electron chi connectivity index (χ2n) is 17.0. The van der Waals surface area contributed by atoms with Crippen LogP contribution in [0.25, 0.3) is 0 Å². The molecule has 3 N–H and O–H groups in total. The third-order valence-corrected chi connectivity index (χ3v) is 9.87. The predicted molar refractivity (Wildman–Crippen MR) is 200 cm³/mol. The third kappa shape index (κ3) is 27.6. The van der Waals surface area contributed by atoms with E-state index in [9.17, 15) is 15.3 Å². The summed E-state index contributed by atoms with van der Waals surface area (Å²) in [5.41, 5.74) is 0. The van der Waals surface area contributed by atoms with Crippen molar-refractivity contribution in [2.45, 2.75) is 155 Å². The summed E-state index contributed by atoms with van der Waals surface area (Å²) in [4.78, 5) is 2.15. The van der Waals surface area contributed by atoms with E-state index in [2.05, 4.69) is 68.0 Å². The van der Waals surface area contributed by atoms with E-state index in [1.54, 1.807) is 0 Å². The van der Waals surface area contributed by atoms with Gasteiger partial charge in [-0.15, -0.1) is 0 Å². The largest absolute Gasteiger partial charge is 0.386 e. The Morgan fingerprint density at radius 3 is 0.826 bits per heavy atom. The van der Waals surface area contributed by atoms with Gasteiger partial charge < -0.3 is 28.8 Å². The van der Waals surface area contributed by atoms with Crippen LogP contribution in [0, 0.1) is 0 Å². The fourth-order valence-corrected chi connectivity index (χ4v) is 7.24. The Labute approximate surface area is 289 Å². The van der Waals surface area contributed by atoms with E-state index in [4.69, 9.17) is 0 Å². The number of nitrogens with zero attached hydrogens (tertiary/aromatic N) is 4. The zero-order chi connectivity index (χ0) is 34.9. The minimum atomic E-state index is -0.495. The molecule has 0 aliphatic carbocycles. The summed E-state index contributed by atoms with van der Waals surface area (Å²) >= 11 is 0. The molecule has 0 rings (SSSR count). The molecule has 0 radical (unpaired) electrons. The van der Waals surface area contributed by atoms with Crippen LogP contribution in [-0.2, 0) is 0 Å². The van der Waals surface area contributed by atoms with Gasteiger partial charge in [0.25, 0.3) is 0 Å². The number of likely N-dealkylation sites (N-methyl/N-ethyl adjacent to an activating group) is 3. The van der Waals surface area contributed by atoms with Gasteiger partial charge in [0.1, 0.15) is 37.9 Å². The Morgan fingerprint density at radius 2 is 0.587 bits per heavy atom. The van der Waals surface area contributed by atoms with Crippen molar-refractivity contribution in [2.75, 3.05) is 101 Å². The first-order chi connectivity index (χ1) is 21.6. The molecule has 0 heterocycles. The molecule has 278 valence electrons. The van der Waals surface area contributed by atoms with Crippen molar-refractivity contribution in [1.29, 1.82) is 0 Å². The lowest BCUT2D eigenvalue weighted by molar-refractivity contribution is -0.894. The molecular weight excluding hydrogens is 572 g/mol. The highest BCUT2D eigenvalue weighted by atomic mass is 16.3. The maximum absolute atomic E-state index is 11.3. The van der Waals surface area contributed by atoms with Crippen LogP contribution in [0.4, 0.5) is 0 Å². The lowest BCUT2D eigenvalue weighted by atomic mass is 10.1. The molecule has 7 nitrogen and oxygen atoms in total. The van der Waals surface area contributed by atoms with Gasteiger partial charge in [-0.1, -0.05) is 97.8 Å². The molecule has 0 bridgehead atoms. The Kier molecular flexibility index (Phi) is 26.4. The average molecular weight is 660 g/mol. The minimum absolute atomic E-state index is 0.488. The van der Waals surface area contributed by atoms with Gasteiger partial charge in [0, 0.05) is 19.6 Å². The molecule has 46 heavy (non-hydrogen) atoms. The number of rotatable bonds is 33. The van der Waals surface area contributed by atoms with Crippen LogP contribution >= 0.6 is 0 Å². The van der Waals surface area contributed by atoms with Gasteiger partial charge in [0.2, 0.25) is 0 Å². The van der Waals surface area contributed by atoms with Crippen molar-refractivity contribution in [2.24, 2.45) is 0 Å². The van der Waals surface area contributed by atoms with E-state index in [0.29, 0.717) is 39.3 Å². The summed E-state index contributed by atoms with van der Waals surface area (Å²) in [7, 11) is 13.4. The van der Waals surface area contributed by atoms with Crippen LogP contribution < -0.4 is 0 Å². The number of hydrogen-bond donors (Lipinski definition) is 3. The number of aliphatic hydroxyl groups excluding tert-OH is 3. The van der Waals surface area contributed by atoms with Gasteiger partial charge in [-0.3, -0.25) is 4.90 Å². The number of unbranched alkanes of at least 4 members (excludes halogenated alkanes) is 15. The van der Waals surface area contributed by atoms with Crippen LogP contribution in [0.15, 0.2) is 0 Å². The van der Waals surface area contributed by atoms with E-state index in [1.165, 1.54) is 116 Å². The van der Waals surface area contributed by atoms with Crippen molar-refractivity contribution < 1.29 is 28.8 Å². The van der Waals surface area contributed by atoms with Crippen LogP contribution in [0.5, 0.6) is 0 Å². The van der Waals surface area contributed by atoms with E-state index in [-0.39, 0.29) is 0 Å². The zero-order valence-electron chi connectivity index (χ0n) is 33.0. The second-order valence-corrected chi connectivity index (χ2v) is 17.0. The van der Waals surface area contributed by atoms with E-state index >= 15 is 0 Å². The van der Waals surface area contributed by atoms with Crippen LogP contribution in [0.3, 0.4) is 0 Å². The molecule has 7 heteroatoms. The molecule has 0 aromatic rings. The molecule has 0 spiro atoms. The second kappa shape index (κ2) is 26.6. The molecule has 0 amide bonds. The molecule has 3 atom stereocenters. The third-order valence-electron chi connectivity index (χ3n) is 9.87. The van der Waals surface area contributed by atoms with Crippen molar-refractivity contribution >= 4 is 0 Å². The standard InChI is InChI=1S/C39H87N4O3/c1-10-13-16-19-22-25-28-41(4,5)34-37(44)31-40(32-38(45)35-42(6,7)29-26-23-20-17-14-11-2)33-39(46)36-43(8,9)30-27-24-21-18-15-12-3/h37-39,44-46H,10-36H2,1-9H3/q+3. The number of quaternary nitrogens is 3. The van der Waals surface area contributed by atoms with Crippen molar-refractivity contribution in [3.63, 3.8) is 0 Å². The highest BCUT2D eigenvalue weighted by Crippen LogP contribution is 2.14. The summed E-state index contributed by atoms with van der Waals surface area (Å²) in [5, 5.41) is 33.9. The fourth-order valence-electron chi connectivity index (χ4n) is 7.24. The first kappa shape index (κ1) is 45.7. The molecule has 3 unspecified atom stereocenters. The lowest BCUT2D eigenvalue weighted by Gasteiger charge is -2.37. The smallest absolute Gasteiger partial charge is 0.115 e. The Morgan fingerprint density at radius 1 is 0.370 bits per heavy atom. The Bertz CT molecular complexity index is 598. The molecule has 0 fully saturated rings. The van der Waals surface area contributed by atoms with Crippen LogP contribution in [-0.4, -0.2) is 153 Å². The number of hydrogen-bond acceptors (Lipinski definition) is 4. The SMILES string of the molecule is CCCCCCCC[N+](C)(C)CC(O)CN(CC(O)C[N+](C)(C)CCCCCCCC)CC(O)C[N+](C)(C)CCCCCCCC. The van der Waals surface area contributed by atoms with E-state index < -0.39 is 18.3 Å². The van der Waals surface area contributed by atoms with Gasteiger partial charge >= 0.3 is 0 Å². The monoisotopic (exact) mass is 660 g/mol. The van der Waals surface area contributed by atoms with Gasteiger partial charge in [0.05, 0.1) is 61.9 Å². The summed E-state index contributed by atoms with van der Waals surface area (Å²) in [5.74, 6) is 0. The Balaban J connectivity index is 5.16. The summed E-state index contributed by atoms with van der Waals surface area (Å²) in [6.45, 7) is 13.5. The molecule has 0 saturated heterocycles. The summed E-state index contributed by atoms with van der Waals surface area (Å²) in [6.07, 6.45) is 21.6. The maximum Gasteiger partial charge on any atom is 0.115 e. The summed E-state index contributed by atoms with van der Waals surface area (Å²) in [6, 6.07) is 0. The first-order valence-electron chi connectivity index (χ1n) is 19.9. The average Bonchev–Trinajstić information content (AvgIpc) is 2.93. The Hall–Kier alpha value is -0.280. The topological polar surface area (TPSA) is 63.9 Å². The van der Waals surface area contributed by atoms with Crippen molar-refractivity contribution in [1.82, 2.24) is 4.90 Å². The van der Waals surface area contributed by atoms with E-state index in [1.807, 2.05) is 0 Å². The predicted octanol–water partition coefficient (Wildman–Crippen LogP) is 6.68. The quantitative estimate of drug-likeness (QED) is 0.0544. The fraction of sp³-hybridized carbons (Fsp3) is 1.00.